The van der Waals surface area contributed by atoms with Crippen molar-refractivity contribution < 1.29 is 9.53 Å². The zero-order valence-corrected chi connectivity index (χ0v) is 16.3. The zero-order chi connectivity index (χ0) is 19.5. The van der Waals surface area contributed by atoms with Crippen LogP contribution in [-0.4, -0.2) is 38.4 Å². The van der Waals surface area contributed by atoms with Crippen LogP contribution in [0, 0.1) is 6.92 Å². The molecule has 0 saturated heterocycles. The van der Waals surface area contributed by atoms with E-state index < -0.39 is 0 Å². The van der Waals surface area contributed by atoms with Crippen LogP contribution in [0.4, 0.5) is 0 Å². The molecule has 0 fully saturated rings. The number of carbonyl (C=O) groups excluding carboxylic acids is 1. The number of hydrogen-bond acceptors (Lipinski definition) is 6. The van der Waals surface area contributed by atoms with Gasteiger partial charge in [0.1, 0.15) is 17.1 Å². The number of thioether (sulfide) groups is 1. The lowest BCUT2D eigenvalue weighted by molar-refractivity contribution is 0.102. The summed E-state index contributed by atoms with van der Waals surface area (Å²) in [5.41, 5.74) is 3.41. The lowest BCUT2D eigenvalue weighted by Crippen LogP contribution is -2.03. The van der Waals surface area contributed by atoms with Crippen molar-refractivity contribution in [3.63, 3.8) is 0 Å². The number of benzene rings is 2. The van der Waals surface area contributed by atoms with Crippen LogP contribution in [0.15, 0.2) is 66.1 Å². The van der Waals surface area contributed by atoms with E-state index in [1.54, 1.807) is 18.0 Å². The quantitative estimate of drug-likeness (QED) is 0.280. The summed E-state index contributed by atoms with van der Waals surface area (Å²) in [7, 11) is 1.63. The molecule has 4 rings (SSSR count). The van der Waals surface area contributed by atoms with Gasteiger partial charge in [-0.15, -0.1) is 0 Å². The van der Waals surface area contributed by atoms with Crippen molar-refractivity contribution in [1.82, 2.24) is 19.7 Å². The van der Waals surface area contributed by atoms with E-state index in [1.165, 1.54) is 18.1 Å². The number of aromatic nitrogens is 4. The first-order valence-electron chi connectivity index (χ1n) is 8.71. The van der Waals surface area contributed by atoms with Crippen molar-refractivity contribution >= 4 is 28.6 Å². The van der Waals surface area contributed by atoms with Gasteiger partial charge < -0.3 is 4.74 Å². The summed E-state index contributed by atoms with van der Waals surface area (Å²) in [5.74, 6) is 1.16. The Bertz CT molecular complexity index is 1120. The number of hydrogen-bond donors (Lipinski definition) is 0. The van der Waals surface area contributed by atoms with Crippen molar-refractivity contribution in [2.24, 2.45) is 0 Å². The minimum Gasteiger partial charge on any atom is -0.497 e. The number of ether oxygens (including phenoxy) is 1. The summed E-state index contributed by atoms with van der Waals surface area (Å²) in [6, 6.07) is 15.2. The molecular formula is C21H18N4O2S. The molecule has 0 radical (unpaired) electrons. The van der Waals surface area contributed by atoms with Crippen LogP contribution < -0.4 is 4.74 Å². The first-order valence-corrected chi connectivity index (χ1v) is 9.70. The molecule has 0 atom stereocenters. The molecule has 0 aliphatic heterocycles. The van der Waals surface area contributed by atoms with E-state index in [9.17, 15) is 4.79 Å². The Kier molecular flexibility index (Phi) is 5.08. The second-order valence-corrected chi connectivity index (χ2v) is 7.21. The summed E-state index contributed by atoms with van der Waals surface area (Å²) in [4.78, 5) is 21.2. The lowest BCUT2D eigenvalue weighted by atomic mass is 10.1. The maximum Gasteiger partial charge on any atom is 0.173 e. The first kappa shape index (κ1) is 18.2. The van der Waals surface area contributed by atoms with E-state index >= 15 is 0 Å². The fraction of sp³-hybridized carbons (Fsp3) is 0.143. The highest BCUT2D eigenvalue weighted by Gasteiger charge is 2.14. The van der Waals surface area contributed by atoms with Crippen molar-refractivity contribution in [2.75, 3.05) is 12.9 Å². The summed E-state index contributed by atoms with van der Waals surface area (Å²) >= 11 is 1.40. The van der Waals surface area contributed by atoms with Gasteiger partial charge in [-0.25, -0.2) is 14.6 Å². The average molecular weight is 390 g/mol. The van der Waals surface area contributed by atoms with Crippen LogP contribution >= 0.6 is 11.8 Å². The Morgan fingerprint density at radius 1 is 1.07 bits per heavy atom. The molecule has 0 N–H and O–H groups in total. The largest absolute Gasteiger partial charge is 0.497 e. The fourth-order valence-electron chi connectivity index (χ4n) is 2.81. The van der Waals surface area contributed by atoms with Crippen molar-refractivity contribution in [2.45, 2.75) is 11.9 Å². The Morgan fingerprint density at radius 2 is 1.82 bits per heavy atom. The third-order valence-corrected chi connectivity index (χ3v) is 5.37. The normalized spacial score (nSPS) is 10.9. The standard InChI is InChI=1S/C21H18N4O2S/c1-14-3-5-15(6-4-14)19(26)12-28-21-18-11-24-25(20(18)22-13-23-21)16-7-9-17(27-2)10-8-16/h3-11,13H,12H2,1-2H3. The predicted octanol–water partition coefficient (Wildman–Crippen LogP) is 4.11. The number of carbonyl (C=O) groups is 1. The molecule has 0 spiro atoms. The van der Waals surface area contributed by atoms with Gasteiger partial charge in [0.05, 0.1) is 30.1 Å². The molecule has 2 heterocycles. The van der Waals surface area contributed by atoms with E-state index in [4.69, 9.17) is 4.74 Å². The molecule has 0 bridgehead atoms. The van der Waals surface area contributed by atoms with Gasteiger partial charge in [-0.3, -0.25) is 4.79 Å². The average Bonchev–Trinajstić information content (AvgIpc) is 3.17. The molecule has 0 saturated carbocycles. The van der Waals surface area contributed by atoms with Gasteiger partial charge in [-0.1, -0.05) is 41.6 Å². The highest BCUT2D eigenvalue weighted by molar-refractivity contribution is 8.00. The van der Waals surface area contributed by atoms with Crippen LogP contribution in [0.3, 0.4) is 0 Å². The van der Waals surface area contributed by atoms with Crippen LogP contribution in [0.5, 0.6) is 5.75 Å². The molecule has 7 heteroatoms. The minimum absolute atomic E-state index is 0.0688. The monoisotopic (exact) mass is 390 g/mol. The van der Waals surface area contributed by atoms with Gasteiger partial charge in [0.2, 0.25) is 0 Å². The molecule has 0 amide bonds. The van der Waals surface area contributed by atoms with Crippen molar-refractivity contribution in [1.29, 1.82) is 0 Å². The predicted molar refractivity (Wildman–Crippen MR) is 109 cm³/mol. The Hall–Kier alpha value is -3.19. The van der Waals surface area contributed by atoms with Crippen LogP contribution in [0.1, 0.15) is 15.9 Å². The van der Waals surface area contributed by atoms with E-state index in [0.29, 0.717) is 17.0 Å². The zero-order valence-electron chi connectivity index (χ0n) is 15.5. The second kappa shape index (κ2) is 7.82. The van der Waals surface area contributed by atoms with Gasteiger partial charge in [0, 0.05) is 5.56 Å². The van der Waals surface area contributed by atoms with Crippen LogP contribution in [0.2, 0.25) is 0 Å². The topological polar surface area (TPSA) is 69.9 Å². The van der Waals surface area contributed by atoms with E-state index in [0.717, 1.165) is 27.4 Å². The number of ketones is 1. The maximum atomic E-state index is 12.5. The third-order valence-electron chi connectivity index (χ3n) is 4.36. The molecular weight excluding hydrogens is 372 g/mol. The number of Topliss-reactive ketones (excluding diaryl/α,β-unsaturated/α-hetero) is 1. The number of rotatable bonds is 6. The number of aryl methyl sites for hydroxylation is 1. The molecule has 0 aliphatic rings. The minimum atomic E-state index is 0.0688. The Labute approximate surface area is 166 Å². The number of nitrogens with zero attached hydrogens (tertiary/aromatic N) is 4. The Balaban J connectivity index is 1.57. The summed E-state index contributed by atoms with van der Waals surface area (Å²) in [5, 5.41) is 6.01. The summed E-state index contributed by atoms with van der Waals surface area (Å²) in [6.07, 6.45) is 3.24. The second-order valence-electron chi connectivity index (χ2n) is 6.25. The highest BCUT2D eigenvalue weighted by atomic mass is 32.2. The maximum absolute atomic E-state index is 12.5. The number of methoxy groups -OCH3 is 1. The lowest BCUT2D eigenvalue weighted by Gasteiger charge is -2.05. The summed E-state index contributed by atoms with van der Waals surface area (Å²) < 4.78 is 6.95. The van der Waals surface area contributed by atoms with Gasteiger partial charge in [0.25, 0.3) is 0 Å². The summed E-state index contributed by atoms with van der Waals surface area (Å²) in [6.45, 7) is 2.00. The van der Waals surface area contributed by atoms with Crippen molar-refractivity contribution in [3.05, 3.63) is 72.2 Å². The molecule has 28 heavy (non-hydrogen) atoms. The van der Waals surface area contributed by atoms with E-state index in [-0.39, 0.29) is 5.78 Å². The highest BCUT2D eigenvalue weighted by Crippen LogP contribution is 2.27. The molecule has 0 aliphatic carbocycles. The molecule has 4 aromatic rings. The molecule has 140 valence electrons. The number of fused-ring (bicyclic) bond motifs is 1. The van der Waals surface area contributed by atoms with E-state index in [2.05, 4.69) is 15.1 Å². The Morgan fingerprint density at radius 3 is 2.54 bits per heavy atom. The third kappa shape index (κ3) is 3.61. The van der Waals surface area contributed by atoms with Gasteiger partial charge in [-0.05, 0) is 31.2 Å². The smallest absolute Gasteiger partial charge is 0.173 e. The molecule has 6 nitrogen and oxygen atoms in total. The molecule has 2 aromatic heterocycles. The van der Waals surface area contributed by atoms with Crippen LogP contribution in [-0.2, 0) is 0 Å². The molecule has 2 aromatic carbocycles. The fourth-order valence-corrected chi connectivity index (χ4v) is 3.66. The molecule has 0 unspecified atom stereocenters. The van der Waals surface area contributed by atoms with Crippen LogP contribution in [0.25, 0.3) is 16.7 Å². The van der Waals surface area contributed by atoms with Gasteiger partial charge in [0.15, 0.2) is 11.4 Å². The first-order chi connectivity index (χ1) is 13.7. The van der Waals surface area contributed by atoms with Crippen molar-refractivity contribution in [3.8, 4) is 11.4 Å². The van der Waals surface area contributed by atoms with E-state index in [1.807, 2.05) is 55.5 Å². The van der Waals surface area contributed by atoms with Gasteiger partial charge in [-0.2, -0.15) is 5.10 Å². The SMILES string of the molecule is COc1ccc(-n2ncc3c(SCC(=O)c4ccc(C)cc4)ncnc32)cc1. The van der Waals surface area contributed by atoms with Gasteiger partial charge >= 0.3 is 0 Å².